The fraction of sp³-hybridized carbons (Fsp3) is 0.368. The van der Waals surface area contributed by atoms with Crippen molar-refractivity contribution < 1.29 is 19.7 Å². The third-order valence-corrected chi connectivity index (χ3v) is 5.97. The lowest BCUT2D eigenvalue weighted by Crippen LogP contribution is -2.49. The van der Waals surface area contributed by atoms with Gasteiger partial charge in [0.15, 0.2) is 0 Å². The molecule has 0 unspecified atom stereocenters. The van der Waals surface area contributed by atoms with Gasteiger partial charge in [0.1, 0.15) is 12.2 Å². The number of hydrogen-bond acceptors (Lipinski definition) is 5. The fourth-order valence-electron chi connectivity index (χ4n) is 4.02. The number of halogens is 2. The average molecular weight is 409 g/mol. The second-order valence-electron chi connectivity index (χ2n) is 6.95. The molecule has 0 spiro atoms. The van der Waals surface area contributed by atoms with E-state index in [1.54, 1.807) is 30.5 Å². The molecule has 6 atom stereocenters. The number of aromatic nitrogens is 1. The number of aliphatic hydroxyl groups is 2. The molecule has 6 nitrogen and oxygen atoms in total. The third kappa shape index (κ3) is 3.22. The summed E-state index contributed by atoms with van der Waals surface area (Å²) in [5.74, 6) is -1.37. The Kier molecular flexibility index (Phi) is 4.86. The number of fused-ring (bicyclic) bond motifs is 2. The number of amides is 1. The van der Waals surface area contributed by atoms with Gasteiger partial charge < -0.3 is 20.3 Å². The zero-order valence-electron chi connectivity index (χ0n) is 14.3. The molecule has 1 amide bonds. The van der Waals surface area contributed by atoms with Gasteiger partial charge in [0.05, 0.1) is 28.2 Å². The van der Waals surface area contributed by atoms with Crippen molar-refractivity contribution in [3.05, 3.63) is 57.8 Å². The van der Waals surface area contributed by atoms with Crippen molar-refractivity contribution in [3.8, 4) is 0 Å². The van der Waals surface area contributed by atoms with Gasteiger partial charge in [-0.3, -0.25) is 9.78 Å². The van der Waals surface area contributed by atoms with E-state index >= 15 is 0 Å². The van der Waals surface area contributed by atoms with Gasteiger partial charge in [-0.2, -0.15) is 0 Å². The lowest BCUT2D eigenvalue weighted by atomic mass is 9.72. The number of aryl methyl sites for hydroxylation is 1. The Balaban J connectivity index is 1.65. The largest absolute Gasteiger partial charge is 0.388 e. The van der Waals surface area contributed by atoms with Crippen LogP contribution in [0.15, 0.2) is 36.5 Å². The molecule has 27 heavy (non-hydrogen) atoms. The van der Waals surface area contributed by atoms with Gasteiger partial charge in [-0.05, 0) is 42.8 Å². The minimum Gasteiger partial charge on any atom is -0.388 e. The number of nitrogens with zero attached hydrogens (tertiary/aromatic N) is 1. The van der Waals surface area contributed by atoms with E-state index < -0.39 is 36.3 Å². The van der Waals surface area contributed by atoms with Crippen LogP contribution in [0.1, 0.15) is 17.2 Å². The second-order valence-corrected chi connectivity index (χ2v) is 7.76. The van der Waals surface area contributed by atoms with Gasteiger partial charge in [-0.25, -0.2) is 0 Å². The van der Waals surface area contributed by atoms with E-state index in [4.69, 9.17) is 27.9 Å². The van der Waals surface area contributed by atoms with Crippen LogP contribution in [0.3, 0.4) is 0 Å². The quantitative estimate of drug-likeness (QED) is 0.725. The zero-order valence-corrected chi connectivity index (χ0v) is 15.9. The van der Waals surface area contributed by atoms with Crippen LogP contribution < -0.4 is 5.32 Å². The van der Waals surface area contributed by atoms with Crippen LogP contribution in [-0.2, 0) is 9.53 Å². The Bertz CT molecular complexity index is 894. The van der Waals surface area contributed by atoms with E-state index in [0.717, 1.165) is 11.3 Å². The lowest BCUT2D eigenvalue weighted by Gasteiger charge is -2.33. The van der Waals surface area contributed by atoms with Crippen LogP contribution >= 0.6 is 23.2 Å². The molecule has 2 bridgehead atoms. The maximum atomic E-state index is 13.0. The summed E-state index contributed by atoms with van der Waals surface area (Å²) in [6.07, 6.45) is -1.93. The molecule has 0 radical (unpaired) electrons. The predicted octanol–water partition coefficient (Wildman–Crippen LogP) is 2.54. The number of nitrogens with one attached hydrogen (secondary N) is 1. The highest BCUT2D eigenvalue weighted by Crippen LogP contribution is 2.49. The van der Waals surface area contributed by atoms with E-state index in [0.29, 0.717) is 15.7 Å². The van der Waals surface area contributed by atoms with Crippen molar-refractivity contribution in [2.24, 2.45) is 5.92 Å². The Labute approximate surface area is 166 Å². The topological polar surface area (TPSA) is 91.7 Å². The van der Waals surface area contributed by atoms with Gasteiger partial charge in [-0.15, -0.1) is 0 Å². The summed E-state index contributed by atoms with van der Waals surface area (Å²) in [6.45, 7) is 1.85. The first-order valence-electron chi connectivity index (χ1n) is 8.57. The van der Waals surface area contributed by atoms with Gasteiger partial charge in [0, 0.05) is 23.5 Å². The number of pyridine rings is 1. The molecule has 3 N–H and O–H groups in total. The molecule has 1 aromatic carbocycles. The number of hydrogen-bond donors (Lipinski definition) is 3. The molecule has 2 fully saturated rings. The third-order valence-electron chi connectivity index (χ3n) is 5.23. The second kappa shape index (κ2) is 7.04. The van der Waals surface area contributed by atoms with Crippen LogP contribution in [0.4, 0.5) is 5.69 Å². The molecular formula is C19H18Cl2N2O4. The van der Waals surface area contributed by atoms with Crippen molar-refractivity contribution in [2.75, 3.05) is 5.32 Å². The lowest BCUT2D eigenvalue weighted by molar-refractivity contribution is -0.124. The van der Waals surface area contributed by atoms with Crippen LogP contribution in [0.5, 0.6) is 0 Å². The molecule has 0 aliphatic carbocycles. The molecule has 142 valence electrons. The molecule has 1 aromatic heterocycles. The monoisotopic (exact) mass is 408 g/mol. The van der Waals surface area contributed by atoms with E-state index in [1.807, 2.05) is 13.0 Å². The fourth-order valence-corrected chi connectivity index (χ4v) is 4.32. The van der Waals surface area contributed by atoms with Crippen LogP contribution in [0.25, 0.3) is 0 Å². The first-order chi connectivity index (χ1) is 12.9. The highest BCUT2D eigenvalue weighted by atomic mass is 35.5. The molecule has 2 aliphatic rings. The summed E-state index contributed by atoms with van der Waals surface area (Å²) in [4.78, 5) is 17.2. The van der Waals surface area contributed by atoms with Gasteiger partial charge in [0.2, 0.25) is 5.91 Å². The predicted molar refractivity (Wildman–Crippen MR) is 101 cm³/mol. The van der Waals surface area contributed by atoms with Crippen molar-refractivity contribution in [3.63, 3.8) is 0 Å². The number of aliphatic hydroxyl groups excluding tert-OH is 2. The van der Waals surface area contributed by atoms with Crippen molar-refractivity contribution >= 4 is 34.8 Å². The Morgan fingerprint density at radius 1 is 1.11 bits per heavy atom. The Hall–Kier alpha value is -1.70. The van der Waals surface area contributed by atoms with Crippen molar-refractivity contribution in [2.45, 2.75) is 37.3 Å². The summed E-state index contributed by atoms with van der Waals surface area (Å²) in [6, 6.07) is 8.48. The molecule has 0 saturated carbocycles. The average Bonchev–Trinajstić information content (AvgIpc) is 3.15. The molecule has 2 saturated heterocycles. The smallest absolute Gasteiger partial charge is 0.230 e. The van der Waals surface area contributed by atoms with Crippen molar-refractivity contribution in [1.82, 2.24) is 4.98 Å². The highest BCUT2D eigenvalue weighted by molar-refractivity contribution is 6.42. The maximum absolute atomic E-state index is 13.0. The number of benzene rings is 1. The van der Waals surface area contributed by atoms with Gasteiger partial charge in [-0.1, -0.05) is 23.2 Å². The molecule has 2 aliphatic heterocycles. The van der Waals surface area contributed by atoms with Crippen LogP contribution in [-0.4, -0.2) is 45.5 Å². The number of rotatable bonds is 3. The minimum absolute atomic E-state index is 0.314. The van der Waals surface area contributed by atoms with E-state index in [-0.39, 0.29) is 5.91 Å². The van der Waals surface area contributed by atoms with Gasteiger partial charge >= 0.3 is 0 Å². The molecule has 3 heterocycles. The number of anilines is 1. The maximum Gasteiger partial charge on any atom is 0.230 e. The summed E-state index contributed by atoms with van der Waals surface area (Å²) in [5.41, 5.74) is 2.14. The zero-order chi connectivity index (χ0) is 19.3. The molecule has 2 aromatic rings. The summed E-state index contributed by atoms with van der Waals surface area (Å²) in [7, 11) is 0. The van der Waals surface area contributed by atoms with Crippen molar-refractivity contribution in [1.29, 1.82) is 0 Å². The first kappa shape index (κ1) is 18.7. The van der Waals surface area contributed by atoms with E-state index in [1.165, 1.54) is 0 Å². The van der Waals surface area contributed by atoms with Gasteiger partial charge in [0.25, 0.3) is 0 Å². The Morgan fingerprint density at radius 3 is 2.56 bits per heavy atom. The summed E-state index contributed by atoms with van der Waals surface area (Å²) in [5, 5.41) is 24.1. The molecule has 8 heteroatoms. The standard InChI is InChI=1S/C19H18Cl2N2O4/c1-8-6-9(4-5-22-8)13-14(18-16(25)15(24)17(13)27-18)19(26)23-10-2-3-11(20)12(21)7-10/h2-7,13-18,24-25H,1H3,(H,23,26)/t13-,14-,15+,16-,17-,18+/m1/s1. The summed E-state index contributed by atoms with van der Waals surface area (Å²) >= 11 is 11.9. The van der Waals surface area contributed by atoms with Crippen LogP contribution in [0.2, 0.25) is 10.0 Å². The minimum atomic E-state index is -1.11. The number of carbonyl (C=O) groups is 1. The number of carbonyl (C=O) groups excluding carboxylic acids is 1. The molecule has 4 rings (SSSR count). The molecular weight excluding hydrogens is 391 g/mol. The van der Waals surface area contributed by atoms with E-state index in [9.17, 15) is 15.0 Å². The van der Waals surface area contributed by atoms with Crippen LogP contribution in [0, 0.1) is 12.8 Å². The Morgan fingerprint density at radius 2 is 1.85 bits per heavy atom. The first-order valence-corrected chi connectivity index (χ1v) is 9.32. The SMILES string of the molecule is Cc1cc([C@H]2[C@H]3O[C@H]([C@H](O)[C@@H]3O)[C@@H]2C(=O)Nc2ccc(Cl)c(Cl)c2)ccn1. The number of ether oxygens (including phenoxy) is 1. The highest BCUT2D eigenvalue weighted by Gasteiger charge is 2.61. The summed E-state index contributed by atoms with van der Waals surface area (Å²) < 4.78 is 5.79. The normalized spacial score (nSPS) is 31.9. The van der Waals surface area contributed by atoms with E-state index in [2.05, 4.69) is 10.3 Å².